The van der Waals surface area contributed by atoms with Gasteiger partial charge >= 0.3 is 0 Å². The van der Waals surface area contributed by atoms with Gasteiger partial charge in [0.05, 0.1) is 5.60 Å². The predicted octanol–water partition coefficient (Wildman–Crippen LogP) is 3.70. The monoisotopic (exact) mass is 244 g/mol. The highest BCUT2D eigenvalue weighted by Crippen LogP contribution is 2.40. The molecular formula is C13H28O2Si. The van der Waals surface area contributed by atoms with Crippen LogP contribution in [-0.2, 0) is 4.43 Å². The third kappa shape index (κ3) is 3.08. The fourth-order valence-electron chi connectivity index (χ4n) is 3.05. The molecule has 0 bridgehead atoms. The van der Waals surface area contributed by atoms with Crippen LogP contribution in [0.15, 0.2) is 0 Å². The molecule has 1 fully saturated rings. The van der Waals surface area contributed by atoms with Gasteiger partial charge in [0.15, 0.2) is 8.32 Å². The quantitative estimate of drug-likeness (QED) is 0.692. The van der Waals surface area contributed by atoms with Crippen molar-refractivity contribution in [1.29, 1.82) is 0 Å². The topological polar surface area (TPSA) is 29.5 Å². The molecule has 1 N–H and O–H groups in total. The van der Waals surface area contributed by atoms with E-state index in [2.05, 4.69) is 20.8 Å². The lowest BCUT2D eigenvalue weighted by atomic mass is 9.99. The number of hydrogen-bond acceptors (Lipinski definition) is 2. The highest BCUT2D eigenvalue weighted by molar-refractivity contribution is 6.73. The minimum absolute atomic E-state index is 0.0446. The van der Waals surface area contributed by atoms with E-state index in [4.69, 9.17) is 4.43 Å². The summed E-state index contributed by atoms with van der Waals surface area (Å²) >= 11 is 0. The largest absolute Gasteiger partial charge is 0.411 e. The third-order valence-corrected chi connectivity index (χ3v) is 9.18. The average Bonchev–Trinajstić information content (AvgIpc) is 2.75. The van der Waals surface area contributed by atoms with Gasteiger partial charge in [0, 0.05) is 6.61 Å². The Morgan fingerprint density at radius 1 is 1.06 bits per heavy atom. The molecule has 0 spiro atoms. The smallest absolute Gasteiger partial charge is 0.192 e. The van der Waals surface area contributed by atoms with Gasteiger partial charge in [0.1, 0.15) is 0 Å². The van der Waals surface area contributed by atoms with Crippen molar-refractivity contribution in [3.63, 3.8) is 0 Å². The summed E-state index contributed by atoms with van der Waals surface area (Å²) in [5.74, 6) is 0. The Hall–Kier alpha value is 0.137. The first-order valence-electron chi connectivity index (χ1n) is 6.97. The Labute approximate surface area is 102 Å². The van der Waals surface area contributed by atoms with Crippen LogP contribution in [-0.4, -0.2) is 25.6 Å². The fraction of sp³-hybridized carbons (Fsp3) is 1.00. The zero-order valence-electron chi connectivity index (χ0n) is 11.2. The van der Waals surface area contributed by atoms with Gasteiger partial charge in [-0.3, -0.25) is 0 Å². The molecule has 3 heteroatoms. The van der Waals surface area contributed by atoms with Gasteiger partial charge in [0.2, 0.25) is 0 Å². The van der Waals surface area contributed by atoms with E-state index < -0.39 is 8.32 Å². The molecule has 0 aromatic heterocycles. The van der Waals surface area contributed by atoms with E-state index in [1.807, 2.05) is 0 Å². The Kier molecular flexibility index (Phi) is 5.48. The molecule has 0 aliphatic heterocycles. The van der Waals surface area contributed by atoms with Crippen molar-refractivity contribution >= 4 is 8.32 Å². The molecule has 0 aromatic carbocycles. The molecule has 1 aliphatic rings. The van der Waals surface area contributed by atoms with Crippen molar-refractivity contribution in [2.24, 2.45) is 0 Å². The molecule has 0 heterocycles. The Balaban J connectivity index is 2.72. The second kappa shape index (κ2) is 6.17. The van der Waals surface area contributed by atoms with Crippen LogP contribution in [0.2, 0.25) is 18.1 Å². The second-order valence-electron chi connectivity index (χ2n) is 5.21. The summed E-state index contributed by atoms with van der Waals surface area (Å²) in [4.78, 5) is 0. The highest BCUT2D eigenvalue weighted by atomic mass is 28.4. The Morgan fingerprint density at radius 3 is 1.94 bits per heavy atom. The molecule has 1 aliphatic carbocycles. The minimum atomic E-state index is -1.50. The average molecular weight is 244 g/mol. The zero-order valence-corrected chi connectivity index (χ0v) is 12.2. The summed E-state index contributed by atoms with van der Waals surface area (Å²) < 4.78 is 6.65. The first kappa shape index (κ1) is 14.2. The normalized spacial score (nSPS) is 20.2. The molecule has 2 nitrogen and oxygen atoms in total. The summed E-state index contributed by atoms with van der Waals surface area (Å²) in [6.07, 6.45) is 5.75. The van der Waals surface area contributed by atoms with Gasteiger partial charge in [-0.15, -0.1) is 0 Å². The molecule has 0 unspecified atom stereocenters. The number of rotatable bonds is 7. The molecular weight excluding hydrogens is 216 g/mol. The minimum Gasteiger partial charge on any atom is -0.411 e. The SMILES string of the molecule is CC[Si](CC)(CC)OC1(CCO)CCCC1. The van der Waals surface area contributed by atoms with Gasteiger partial charge in [-0.2, -0.15) is 0 Å². The summed E-state index contributed by atoms with van der Waals surface area (Å²) in [5, 5.41) is 9.24. The molecule has 0 saturated heterocycles. The molecule has 0 atom stereocenters. The van der Waals surface area contributed by atoms with Crippen molar-refractivity contribution in [1.82, 2.24) is 0 Å². The summed E-state index contributed by atoms with van der Waals surface area (Å²) in [6, 6.07) is 3.65. The van der Waals surface area contributed by atoms with E-state index in [1.54, 1.807) is 0 Å². The van der Waals surface area contributed by atoms with E-state index in [0.717, 1.165) is 6.42 Å². The van der Waals surface area contributed by atoms with E-state index >= 15 is 0 Å². The van der Waals surface area contributed by atoms with Crippen molar-refractivity contribution in [3.8, 4) is 0 Å². The third-order valence-electron chi connectivity index (χ3n) is 4.45. The Bertz CT molecular complexity index is 188. The van der Waals surface area contributed by atoms with Crippen LogP contribution in [0.4, 0.5) is 0 Å². The number of aliphatic hydroxyl groups excluding tert-OH is 1. The van der Waals surface area contributed by atoms with E-state index in [-0.39, 0.29) is 12.2 Å². The maximum absolute atomic E-state index is 9.24. The van der Waals surface area contributed by atoms with E-state index in [9.17, 15) is 5.11 Å². The predicted molar refractivity (Wildman–Crippen MR) is 71.2 cm³/mol. The van der Waals surface area contributed by atoms with Gasteiger partial charge in [-0.1, -0.05) is 33.6 Å². The van der Waals surface area contributed by atoms with Crippen LogP contribution in [0.5, 0.6) is 0 Å². The summed E-state index contributed by atoms with van der Waals surface area (Å²) in [7, 11) is -1.50. The molecule has 0 radical (unpaired) electrons. The molecule has 0 aromatic rings. The maximum atomic E-state index is 9.24. The lowest BCUT2D eigenvalue weighted by Gasteiger charge is -2.40. The maximum Gasteiger partial charge on any atom is 0.192 e. The summed E-state index contributed by atoms with van der Waals surface area (Å²) in [6.45, 7) is 7.12. The molecule has 96 valence electrons. The van der Waals surface area contributed by atoms with Gasteiger partial charge in [0.25, 0.3) is 0 Å². The van der Waals surface area contributed by atoms with Crippen LogP contribution in [0.25, 0.3) is 0 Å². The van der Waals surface area contributed by atoms with Crippen molar-refractivity contribution < 1.29 is 9.53 Å². The van der Waals surface area contributed by atoms with Gasteiger partial charge < -0.3 is 9.53 Å². The van der Waals surface area contributed by atoms with E-state index in [0.29, 0.717) is 0 Å². The van der Waals surface area contributed by atoms with Crippen LogP contribution >= 0.6 is 0 Å². The first-order chi connectivity index (χ1) is 7.66. The van der Waals surface area contributed by atoms with Crippen molar-refractivity contribution in [2.75, 3.05) is 6.61 Å². The van der Waals surface area contributed by atoms with Crippen molar-refractivity contribution in [3.05, 3.63) is 0 Å². The van der Waals surface area contributed by atoms with E-state index in [1.165, 1.54) is 43.8 Å². The van der Waals surface area contributed by atoms with Crippen LogP contribution < -0.4 is 0 Å². The van der Waals surface area contributed by atoms with Crippen LogP contribution in [0.3, 0.4) is 0 Å². The first-order valence-corrected chi connectivity index (χ1v) is 9.50. The highest BCUT2D eigenvalue weighted by Gasteiger charge is 2.42. The Morgan fingerprint density at radius 2 is 1.56 bits per heavy atom. The lowest BCUT2D eigenvalue weighted by molar-refractivity contribution is 0.0364. The molecule has 1 saturated carbocycles. The summed E-state index contributed by atoms with van der Waals surface area (Å²) in [5.41, 5.74) is 0.0446. The van der Waals surface area contributed by atoms with Crippen LogP contribution in [0.1, 0.15) is 52.9 Å². The second-order valence-corrected chi connectivity index (χ2v) is 9.90. The zero-order chi connectivity index (χ0) is 12.1. The van der Waals surface area contributed by atoms with Crippen LogP contribution in [0, 0.1) is 0 Å². The standard InChI is InChI=1S/C13H28O2Si/c1-4-16(5-2,6-3)15-13(11-12-14)9-7-8-10-13/h14H,4-12H2,1-3H3. The molecule has 16 heavy (non-hydrogen) atoms. The van der Waals surface area contributed by atoms with Gasteiger partial charge in [-0.05, 0) is 37.4 Å². The molecule has 1 rings (SSSR count). The van der Waals surface area contributed by atoms with Gasteiger partial charge in [-0.25, -0.2) is 0 Å². The fourth-order valence-corrected chi connectivity index (χ4v) is 6.21. The lowest BCUT2D eigenvalue weighted by Crippen LogP contribution is -2.46. The van der Waals surface area contributed by atoms with Crippen molar-refractivity contribution in [2.45, 2.75) is 76.6 Å². The number of hydrogen-bond donors (Lipinski definition) is 1. The number of aliphatic hydroxyl groups is 1. The molecule has 0 amide bonds.